The van der Waals surface area contributed by atoms with Gasteiger partial charge in [-0.3, -0.25) is 10.6 Å². The Bertz CT molecular complexity index is 651. The first-order valence-corrected chi connectivity index (χ1v) is 9.54. The van der Waals surface area contributed by atoms with Crippen LogP contribution in [-0.2, 0) is 10.5 Å². The third kappa shape index (κ3) is 4.84. The molecule has 6 heteroatoms. The highest BCUT2D eigenvalue weighted by Gasteiger charge is 2.28. The van der Waals surface area contributed by atoms with Gasteiger partial charge in [-0.05, 0) is 36.6 Å². The fraction of sp³-hybridized carbons (Fsp3) is 0.550. The average Bonchev–Trinajstić information content (AvgIpc) is 2.66. The molecule has 2 aliphatic heterocycles. The van der Waals surface area contributed by atoms with E-state index in [1.807, 2.05) is 18.2 Å². The van der Waals surface area contributed by atoms with Crippen molar-refractivity contribution < 1.29 is 4.74 Å². The van der Waals surface area contributed by atoms with E-state index < -0.39 is 5.79 Å². The van der Waals surface area contributed by atoms with Crippen molar-refractivity contribution in [1.82, 2.24) is 15.5 Å². The molecule has 1 aromatic rings. The molecule has 1 saturated heterocycles. The summed E-state index contributed by atoms with van der Waals surface area (Å²) in [5.41, 5.74) is 8.78. The zero-order valence-electron chi connectivity index (χ0n) is 15.9. The van der Waals surface area contributed by atoms with Gasteiger partial charge >= 0.3 is 0 Å². The first-order valence-electron chi connectivity index (χ1n) is 9.54. The van der Waals surface area contributed by atoms with Crippen molar-refractivity contribution in [2.75, 3.05) is 39.4 Å². The fourth-order valence-corrected chi connectivity index (χ4v) is 3.24. The molecule has 2 heterocycles. The smallest absolute Gasteiger partial charge is 0.210 e. The average molecular weight is 358 g/mol. The van der Waals surface area contributed by atoms with Gasteiger partial charge in [-0.1, -0.05) is 32.0 Å². The second-order valence-electron chi connectivity index (χ2n) is 7.26. The van der Waals surface area contributed by atoms with Crippen LogP contribution in [0.25, 0.3) is 0 Å². The van der Waals surface area contributed by atoms with Crippen molar-refractivity contribution in [2.45, 2.75) is 32.0 Å². The second kappa shape index (κ2) is 8.66. The number of hydrogen-bond acceptors (Lipinski definition) is 6. The number of aliphatic imine (C=N–C) groups is 1. The summed E-state index contributed by atoms with van der Waals surface area (Å²) in [4.78, 5) is 6.93. The number of hydrogen-bond donors (Lipinski definition) is 3. The molecule has 6 nitrogen and oxygen atoms in total. The summed E-state index contributed by atoms with van der Waals surface area (Å²) in [7, 11) is 0. The molecule has 0 amide bonds. The van der Waals surface area contributed by atoms with Gasteiger partial charge in [0.15, 0.2) is 0 Å². The Morgan fingerprint density at radius 2 is 2.15 bits per heavy atom. The van der Waals surface area contributed by atoms with Crippen molar-refractivity contribution in [3.8, 4) is 0 Å². The van der Waals surface area contributed by atoms with Crippen molar-refractivity contribution in [1.29, 1.82) is 0 Å². The molecule has 0 aliphatic carbocycles. The highest BCUT2D eigenvalue weighted by molar-refractivity contribution is 5.73. The van der Waals surface area contributed by atoms with Gasteiger partial charge in [-0.15, -0.1) is 0 Å². The molecule has 1 aromatic carbocycles. The molecule has 0 bridgehead atoms. The first kappa shape index (κ1) is 18.9. The molecule has 1 atom stereocenters. The van der Waals surface area contributed by atoms with Gasteiger partial charge in [0, 0.05) is 31.4 Å². The molecule has 0 aromatic heterocycles. The van der Waals surface area contributed by atoms with Crippen molar-refractivity contribution in [3.63, 3.8) is 0 Å². The number of benzene rings is 1. The van der Waals surface area contributed by atoms with Crippen LogP contribution in [0.2, 0.25) is 0 Å². The first-order chi connectivity index (χ1) is 12.6. The lowest BCUT2D eigenvalue weighted by Crippen LogP contribution is -2.52. The van der Waals surface area contributed by atoms with Gasteiger partial charge in [0.05, 0.1) is 13.2 Å². The predicted molar refractivity (Wildman–Crippen MR) is 106 cm³/mol. The van der Waals surface area contributed by atoms with Gasteiger partial charge in [0.1, 0.15) is 5.82 Å². The minimum atomic E-state index is -0.924. The number of rotatable bonds is 7. The third-order valence-corrected chi connectivity index (χ3v) is 4.91. The normalized spacial score (nSPS) is 23.6. The van der Waals surface area contributed by atoms with Gasteiger partial charge in [-0.25, -0.2) is 4.99 Å². The molecule has 4 N–H and O–H groups in total. The molecular formula is C20H31N5O. The highest BCUT2D eigenvalue weighted by Crippen LogP contribution is 2.24. The molecule has 1 fully saturated rings. The van der Waals surface area contributed by atoms with Crippen LogP contribution < -0.4 is 16.4 Å². The number of allylic oxidation sites excluding steroid dienone is 1. The largest absolute Gasteiger partial charge is 0.379 e. The molecule has 142 valence electrons. The summed E-state index contributed by atoms with van der Waals surface area (Å²) in [6, 6.07) is 8.34. The predicted octanol–water partition coefficient (Wildman–Crippen LogP) is 1.71. The van der Waals surface area contributed by atoms with E-state index in [2.05, 4.69) is 46.5 Å². The summed E-state index contributed by atoms with van der Waals surface area (Å²) < 4.78 is 5.38. The Morgan fingerprint density at radius 3 is 2.92 bits per heavy atom. The summed E-state index contributed by atoms with van der Waals surface area (Å²) in [5, 5.41) is 6.79. The van der Waals surface area contributed by atoms with Gasteiger partial charge in [0.2, 0.25) is 5.79 Å². The quantitative estimate of drug-likeness (QED) is 0.648. The number of nitrogens with zero attached hydrogens (tertiary/aromatic N) is 2. The highest BCUT2D eigenvalue weighted by atomic mass is 16.5. The number of nitrogens with one attached hydrogen (secondary N) is 2. The Balaban J connectivity index is 1.52. The van der Waals surface area contributed by atoms with E-state index in [1.54, 1.807) is 6.21 Å². The molecular weight excluding hydrogens is 326 g/mol. The fourth-order valence-electron chi connectivity index (χ4n) is 3.24. The SMILES string of the molecule is CC(C)c1cccc(C2(N)N=CC=C(NCCCN3CCOCC3)N2)c1. The van der Waals surface area contributed by atoms with Crippen LogP contribution in [0, 0.1) is 0 Å². The van der Waals surface area contributed by atoms with E-state index in [9.17, 15) is 0 Å². The maximum atomic E-state index is 6.55. The van der Waals surface area contributed by atoms with Crippen molar-refractivity contribution in [3.05, 3.63) is 47.3 Å². The zero-order valence-corrected chi connectivity index (χ0v) is 15.9. The Kier molecular flexibility index (Phi) is 6.29. The third-order valence-electron chi connectivity index (χ3n) is 4.91. The van der Waals surface area contributed by atoms with Gasteiger partial charge < -0.3 is 15.4 Å². The maximum absolute atomic E-state index is 6.55. The Labute approximate surface area is 156 Å². The molecule has 0 saturated carbocycles. The summed E-state index contributed by atoms with van der Waals surface area (Å²) >= 11 is 0. The van der Waals surface area contributed by atoms with E-state index in [-0.39, 0.29) is 0 Å². The molecule has 3 rings (SSSR count). The lowest BCUT2D eigenvalue weighted by molar-refractivity contribution is 0.0375. The molecule has 1 unspecified atom stereocenters. The van der Waals surface area contributed by atoms with Crippen LogP contribution in [0.5, 0.6) is 0 Å². The minimum Gasteiger partial charge on any atom is -0.379 e. The van der Waals surface area contributed by atoms with Gasteiger partial charge in [0.25, 0.3) is 0 Å². The van der Waals surface area contributed by atoms with E-state index in [4.69, 9.17) is 10.5 Å². The van der Waals surface area contributed by atoms with E-state index in [0.717, 1.165) is 57.2 Å². The Morgan fingerprint density at radius 1 is 1.35 bits per heavy atom. The number of ether oxygens (including phenoxy) is 1. The lowest BCUT2D eigenvalue weighted by atomic mass is 9.98. The van der Waals surface area contributed by atoms with Gasteiger partial charge in [-0.2, -0.15) is 0 Å². The minimum absolute atomic E-state index is 0.458. The molecule has 2 aliphatic rings. The van der Waals surface area contributed by atoms with Crippen LogP contribution >= 0.6 is 0 Å². The standard InChI is InChI=1S/C20H31N5O/c1-16(2)17-5-3-6-18(15-17)20(21)23-9-7-19(24-20)22-8-4-10-25-11-13-26-14-12-25/h3,5-7,9,15-16,22,24H,4,8,10-14,21H2,1-2H3. The van der Waals surface area contributed by atoms with Crippen LogP contribution in [0.1, 0.15) is 37.3 Å². The summed E-state index contributed by atoms with van der Waals surface area (Å²) in [6.45, 7) is 10.1. The number of morpholine rings is 1. The van der Waals surface area contributed by atoms with Crippen molar-refractivity contribution in [2.24, 2.45) is 10.7 Å². The van der Waals surface area contributed by atoms with Crippen molar-refractivity contribution >= 4 is 6.21 Å². The maximum Gasteiger partial charge on any atom is 0.210 e. The molecule has 26 heavy (non-hydrogen) atoms. The van der Waals surface area contributed by atoms with Crippen LogP contribution in [-0.4, -0.2) is 50.5 Å². The van der Waals surface area contributed by atoms with E-state index in [1.165, 1.54) is 5.56 Å². The summed E-state index contributed by atoms with van der Waals surface area (Å²) in [6.07, 6.45) is 4.80. The lowest BCUT2D eigenvalue weighted by Gasteiger charge is -2.32. The van der Waals surface area contributed by atoms with Crippen LogP contribution in [0.4, 0.5) is 0 Å². The second-order valence-corrected chi connectivity index (χ2v) is 7.26. The topological polar surface area (TPSA) is 74.9 Å². The summed E-state index contributed by atoms with van der Waals surface area (Å²) in [5.74, 6) is 0.450. The zero-order chi connectivity index (χ0) is 18.4. The molecule has 0 spiro atoms. The van der Waals surface area contributed by atoms with Crippen LogP contribution in [0.3, 0.4) is 0 Å². The molecule has 0 radical (unpaired) electrons. The van der Waals surface area contributed by atoms with E-state index in [0.29, 0.717) is 5.92 Å². The van der Waals surface area contributed by atoms with E-state index >= 15 is 0 Å². The van der Waals surface area contributed by atoms with Crippen LogP contribution in [0.15, 0.2) is 41.2 Å². The Hall–Kier alpha value is -1.89. The number of nitrogens with two attached hydrogens (primary N) is 1. The monoisotopic (exact) mass is 357 g/mol.